The van der Waals surface area contributed by atoms with Crippen molar-refractivity contribution in [3.8, 4) is 0 Å². The van der Waals surface area contributed by atoms with E-state index in [1.54, 1.807) is 22.7 Å². The molecule has 2 heterocycles. The molecule has 4 nitrogen and oxygen atoms in total. The molecule has 0 aliphatic rings. The lowest BCUT2D eigenvalue weighted by Gasteiger charge is -1.98. The van der Waals surface area contributed by atoms with E-state index in [-0.39, 0.29) is 5.02 Å². The molecule has 0 bridgehead atoms. The lowest BCUT2D eigenvalue weighted by atomic mass is 10.3. The molecule has 106 valence electrons. The quantitative estimate of drug-likeness (QED) is 0.574. The molecule has 0 fully saturated rings. The van der Waals surface area contributed by atoms with Crippen molar-refractivity contribution in [2.45, 2.75) is 6.92 Å². The molecule has 7 heteroatoms. The zero-order valence-electron chi connectivity index (χ0n) is 10.9. The van der Waals surface area contributed by atoms with Crippen LogP contribution in [0.3, 0.4) is 0 Å². The number of rotatable bonds is 2. The molecule has 1 aromatic carbocycles. The van der Waals surface area contributed by atoms with Gasteiger partial charge in [-0.2, -0.15) is 0 Å². The predicted molar refractivity (Wildman–Crippen MR) is 80.5 cm³/mol. The summed E-state index contributed by atoms with van der Waals surface area (Å²) in [5, 5.41) is 8.80. The highest BCUT2D eigenvalue weighted by molar-refractivity contribution is 6.31. The van der Waals surface area contributed by atoms with Gasteiger partial charge in [-0.05, 0) is 37.3 Å². The van der Waals surface area contributed by atoms with Crippen LogP contribution in [0.25, 0.3) is 5.65 Å². The van der Waals surface area contributed by atoms with Gasteiger partial charge >= 0.3 is 0 Å². The Balaban J connectivity index is 2.04. The number of benzene rings is 1. The third kappa shape index (κ3) is 2.75. The molecule has 0 radical (unpaired) electrons. The summed E-state index contributed by atoms with van der Waals surface area (Å²) in [6, 6.07) is 7.70. The Labute approximate surface area is 129 Å². The number of hydrogen-bond acceptors (Lipinski definition) is 3. The second kappa shape index (κ2) is 5.42. The number of aromatic nitrogens is 2. The summed E-state index contributed by atoms with van der Waals surface area (Å²) in [5.41, 5.74) is 1.90. The van der Waals surface area contributed by atoms with Gasteiger partial charge in [-0.3, -0.25) is 4.40 Å². The van der Waals surface area contributed by atoms with Crippen molar-refractivity contribution in [3.05, 3.63) is 58.1 Å². The van der Waals surface area contributed by atoms with Gasteiger partial charge in [0.25, 0.3) is 0 Å². The van der Waals surface area contributed by atoms with E-state index >= 15 is 0 Å². The summed E-state index contributed by atoms with van der Waals surface area (Å²) in [6.07, 6.45) is 1.71. The number of pyridine rings is 1. The van der Waals surface area contributed by atoms with Crippen LogP contribution in [0.2, 0.25) is 10.0 Å². The zero-order valence-corrected chi connectivity index (χ0v) is 12.4. The number of aryl methyl sites for hydroxylation is 1. The average Bonchev–Trinajstić information content (AvgIpc) is 2.75. The van der Waals surface area contributed by atoms with Gasteiger partial charge in [0, 0.05) is 6.20 Å². The standard InChI is InChI=1S/C14H9Cl2FN4/c1-8-14(21-7-9(15)2-5-13(21)18-8)20-19-10-3-4-12(17)11(16)6-10/h2-7H,1H3. The topological polar surface area (TPSA) is 42.0 Å². The zero-order chi connectivity index (χ0) is 15.0. The summed E-state index contributed by atoms with van der Waals surface area (Å²) in [5.74, 6) is 0.0707. The summed E-state index contributed by atoms with van der Waals surface area (Å²) in [4.78, 5) is 4.36. The van der Waals surface area contributed by atoms with Gasteiger partial charge in [0.15, 0.2) is 5.82 Å². The first-order valence-electron chi connectivity index (χ1n) is 6.05. The number of azo groups is 1. The van der Waals surface area contributed by atoms with E-state index in [0.29, 0.717) is 22.2 Å². The lowest BCUT2D eigenvalue weighted by molar-refractivity contribution is 0.628. The van der Waals surface area contributed by atoms with Crippen LogP contribution in [-0.2, 0) is 0 Å². The molecule has 0 saturated carbocycles. The first-order valence-corrected chi connectivity index (χ1v) is 6.81. The molecule has 0 saturated heterocycles. The van der Waals surface area contributed by atoms with E-state index < -0.39 is 5.82 Å². The van der Waals surface area contributed by atoms with Gasteiger partial charge in [-0.15, -0.1) is 10.2 Å². The first-order chi connectivity index (χ1) is 10.0. The second-order valence-electron chi connectivity index (χ2n) is 4.39. The maximum Gasteiger partial charge on any atom is 0.182 e. The van der Waals surface area contributed by atoms with Crippen LogP contribution >= 0.6 is 23.2 Å². The summed E-state index contributed by atoms with van der Waals surface area (Å²) >= 11 is 11.7. The molecule has 21 heavy (non-hydrogen) atoms. The molecule has 2 aromatic heterocycles. The van der Waals surface area contributed by atoms with Crippen molar-refractivity contribution < 1.29 is 4.39 Å². The van der Waals surface area contributed by atoms with Gasteiger partial charge in [0.1, 0.15) is 11.5 Å². The Bertz CT molecular complexity index is 858. The molecule has 0 aliphatic heterocycles. The van der Waals surface area contributed by atoms with Crippen molar-refractivity contribution in [2.24, 2.45) is 10.2 Å². The van der Waals surface area contributed by atoms with E-state index in [4.69, 9.17) is 23.2 Å². The maximum absolute atomic E-state index is 13.1. The fraction of sp³-hybridized carbons (Fsp3) is 0.0714. The largest absolute Gasteiger partial charge is 0.281 e. The molecule has 3 aromatic rings. The van der Waals surface area contributed by atoms with Gasteiger partial charge in [0.2, 0.25) is 0 Å². The number of nitrogens with zero attached hydrogens (tertiary/aromatic N) is 4. The highest BCUT2D eigenvalue weighted by Crippen LogP contribution is 2.26. The van der Waals surface area contributed by atoms with Crippen LogP contribution in [-0.4, -0.2) is 9.38 Å². The molecule has 0 unspecified atom stereocenters. The molecule has 0 N–H and O–H groups in total. The Kier molecular flexibility index (Phi) is 3.61. The summed E-state index contributed by atoms with van der Waals surface area (Å²) in [6.45, 7) is 1.83. The van der Waals surface area contributed by atoms with Crippen LogP contribution in [0.4, 0.5) is 15.9 Å². The second-order valence-corrected chi connectivity index (χ2v) is 5.24. The van der Waals surface area contributed by atoms with E-state index in [1.807, 2.05) is 6.92 Å². The monoisotopic (exact) mass is 322 g/mol. The highest BCUT2D eigenvalue weighted by Gasteiger charge is 2.08. The Morgan fingerprint density at radius 3 is 2.71 bits per heavy atom. The minimum Gasteiger partial charge on any atom is -0.281 e. The highest BCUT2D eigenvalue weighted by atomic mass is 35.5. The number of fused-ring (bicyclic) bond motifs is 1. The van der Waals surface area contributed by atoms with E-state index in [2.05, 4.69) is 15.2 Å². The number of imidazole rings is 1. The minimum absolute atomic E-state index is 0.00404. The first kappa shape index (κ1) is 14.0. The van der Waals surface area contributed by atoms with Crippen molar-refractivity contribution in [2.75, 3.05) is 0 Å². The Hall–Kier alpha value is -1.98. The smallest absolute Gasteiger partial charge is 0.182 e. The third-order valence-corrected chi connectivity index (χ3v) is 3.40. The molecular weight excluding hydrogens is 314 g/mol. The van der Waals surface area contributed by atoms with Crippen molar-refractivity contribution >= 4 is 40.4 Å². The molecule has 3 rings (SSSR count). The molecule has 0 atom stereocenters. The summed E-state index contributed by atoms with van der Waals surface area (Å²) in [7, 11) is 0. The van der Waals surface area contributed by atoms with Gasteiger partial charge in [-0.25, -0.2) is 9.37 Å². The molecular formula is C14H9Cl2FN4. The SMILES string of the molecule is Cc1nc2ccc(Cl)cn2c1N=Nc1ccc(F)c(Cl)c1. The van der Waals surface area contributed by atoms with E-state index in [0.717, 1.165) is 5.65 Å². The van der Waals surface area contributed by atoms with Gasteiger partial charge in [-0.1, -0.05) is 23.2 Å². The lowest BCUT2D eigenvalue weighted by Crippen LogP contribution is -1.82. The fourth-order valence-corrected chi connectivity index (χ4v) is 2.23. The van der Waals surface area contributed by atoms with Crippen molar-refractivity contribution in [1.29, 1.82) is 0 Å². The number of hydrogen-bond donors (Lipinski definition) is 0. The number of halogens is 3. The predicted octanol–water partition coefficient (Wildman–Crippen LogP) is 5.50. The molecule has 0 amide bonds. The fourth-order valence-electron chi connectivity index (χ4n) is 1.90. The normalized spacial score (nSPS) is 11.6. The van der Waals surface area contributed by atoms with Crippen molar-refractivity contribution in [1.82, 2.24) is 9.38 Å². The van der Waals surface area contributed by atoms with E-state index in [1.165, 1.54) is 18.2 Å². The average molecular weight is 323 g/mol. The Morgan fingerprint density at radius 2 is 1.95 bits per heavy atom. The molecule has 0 aliphatic carbocycles. The van der Waals surface area contributed by atoms with Crippen molar-refractivity contribution in [3.63, 3.8) is 0 Å². The van der Waals surface area contributed by atoms with Crippen LogP contribution in [0.1, 0.15) is 5.69 Å². The molecule has 0 spiro atoms. The van der Waals surface area contributed by atoms with Crippen LogP contribution < -0.4 is 0 Å². The van der Waals surface area contributed by atoms with Gasteiger partial charge < -0.3 is 0 Å². The van der Waals surface area contributed by atoms with Gasteiger partial charge in [0.05, 0.1) is 21.4 Å². The van der Waals surface area contributed by atoms with Crippen LogP contribution in [0, 0.1) is 12.7 Å². The minimum atomic E-state index is -0.492. The summed E-state index contributed by atoms with van der Waals surface area (Å²) < 4.78 is 14.8. The van der Waals surface area contributed by atoms with E-state index in [9.17, 15) is 4.39 Å². The maximum atomic E-state index is 13.1. The Morgan fingerprint density at radius 1 is 1.14 bits per heavy atom. The van der Waals surface area contributed by atoms with Crippen LogP contribution in [0.15, 0.2) is 46.8 Å². The van der Waals surface area contributed by atoms with Crippen LogP contribution in [0.5, 0.6) is 0 Å². The third-order valence-electron chi connectivity index (χ3n) is 2.89.